The monoisotopic (exact) mass is 339 g/mol. The first-order valence-electron chi connectivity index (χ1n) is 8.54. The van der Waals surface area contributed by atoms with Crippen molar-refractivity contribution in [2.45, 2.75) is 32.9 Å². The average Bonchev–Trinajstić information content (AvgIpc) is 3.24. The van der Waals surface area contributed by atoms with Crippen LogP contribution in [0.25, 0.3) is 11.0 Å². The van der Waals surface area contributed by atoms with E-state index in [9.17, 15) is 9.59 Å². The lowest BCUT2D eigenvalue weighted by atomic mass is 10.1. The first-order chi connectivity index (χ1) is 12.0. The Hall–Kier alpha value is -2.76. The molecule has 0 atom stereocenters. The van der Waals surface area contributed by atoms with Crippen LogP contribution in [0.15, 0.2) is 39.5 Å². The molecule has 0 bridgehead atoms. The molecule has 0 aliphatic heterocycles. The van der Waals surface area contributed by atoms with Crippen LogP contribution in [0, 0.1) is 12.8 Å². The van der Waals surface area contributed by atoms with Gasteiger partial charge < -0.3 is 14.3 Å². The molecule has 1 aromatic carbocycles. The highest BCUT2D eigenvalue weighted by Gasteiger charge is 2.24. The van der Waals surface area contributed by atoms with E-state index in [1.807, 2.05) is 25.1 Å². The summed E-state index contributed by atoms with van der Waals surface area (Å²) >= 11 is 0. The summed E-state index contributed by atoms with van der Waals surface area (Å²) in [6, 6.07) is 9.15. The van der Waals surface area contributed by atoms with Crippen molar-refractivity contribution in [3.8, 4) is 0 Å². The summed E-state index contributed by atoms with van der Waals surface area (Å²) in [4.78, 5) is 29.3. The molecule has 0 unspecified atom stereocenters. The van der Waals surface area contributed by atoms with Gasteiger partial charge in [-0.2, -0.15) is 0 Å². The van der Waals surface area contributed by atoms with Crippen LogP contribution in [0.3, 0.4) is 0 Å². The van der Waals surface area contributed by atoms with E-state index in [1.165, 1.54) is 12.8 Å². The summed E-state index contributed by atoms with van der Waals surface area (Å²) in [6.45, 7) is 3.04. The highest BCUT2D eigenvalue weighted by atomic mass is 16.3. The fourth-order valence-electron chi connectivity index (χ4n) is 3.13. The number of nitrogens with zero attached hydrogens (tertiary/aromatic N) is 2. The van der Waals surface area contributed by atoms with E-state index >= 15 is 0 Å². The first-order valence-corrected chi connectivity index (χ1v) is 8.54. The highest BCUT2D eigenvalue weighted by Crippen LogP contribution is 2.31. The number of furan rings is 1. The molecule has 6 nitrogen and oxygen atoms in total. The highest BCUT2D eigenvalue weighted by molar-refractivity contribution is 5.97. The van der Waals surface area contributed by atoms with E-state index in [0.717, 1.165) is 23.6 Å². The van der Waals surface area contributed by atoms with Crippen LogP contribution in [0.1, 0.15) is 34.7 Å². The fraction of sp³-hybridized carbons (Fsp3) is 0.368. The molecule has 1 aliphatic rings. The molecular weight excluding hydrogens is 318 g/mol. The maximum atomic E-state index is 12.7. The minimum absolute atomic E-state index is 0.105. The Morgan fingerprint density at radius 3 is 2.80 bits per heavy atom. The van der Waals surface area contributed by atoms with Gasteiger partial charge in [0.2, 0.25) is 0 Å². The standard InChI is InChI=1S/C19H21N3O3/c1-12-3-7-15(25-12)11-21(2)18(23)14-6-8-17-16(9-14)20-19(24)22(17)10-13-4-5-13/h3,6-9,13H,4-5,10-11H2,1-2H3,(H,20,24). The average molecular weight is 339 g/mol. The molecule has 2 aromatic heterocycles. The Kier molecular flexibility index (Phi) is 3.75. The van der Waals surface area contributed by atoms with Crippen LogP contribution in [0.5, 0.6) is 0 Å². The molecule has 25 heavy (non-hydrogen) atoms. The van der Waals surface area contributed by atoms with Crippen LogP contribution in [-0.2, 0) is 13.1 Å². The number of carbonyl (C=O) groups is 1. The van der Waals surface area contributed by atoms with Gasteiger partial charge in [-0.3, -0.25) is 9.36 Å². The van der Waals surface area contributed by atoms with Crippen molar-refractivity contribution in [3.05, 3.63) is 57.9 Å². The van der Waals surface area contributed by atoms with Gasteiger partial charge in [0.05, 0.1) is 17.6 Å². The SMILES string of the molecule is Cc1ccc(CN(C)C(=O)c2ccc3c(c2)[nH]c(=O)n3CC2CC2)o1. The second-order valence-electron chi connectivity index (χ2n) is 6.89. The number of imidazole rings is 1. The van der Waals surface area contributed by atoms with Crippen molar-refractivity contribution < 1.29 is 9.21 Å². The predicted octanol–water partition coefficient (Wildman–Crippen LogP) is 2.91. The third-order valence-corrected chi connectivity index (χ3v) is 4.69. The Labute approximate surface area is 145 Å². The number of fused-ring (bicyclic) bond motifs is 1. The molecule has 1 saturated carbocycles. The summed E-state index contributed by atoms with van der Waals surface area (Å²) in [6.07, 6.45) is 2.37. The second kappa shape index (κ2) is 5.95. The van der Waals surface area contributed by atoms with Crippen molar-refractivity contribution in [2.24, 2.45) is 5.92 Å². The van der Waals surface area contributed by atoms with Gasteiger partial charge in [0.25, 0.3) is 5.91 Å². The van der Waals surface area contributed by atoms with Crippen molar-refractivity contribution in [1.82, 2.24) is 14.5 Å². The van der Waals surface area contributed by atoms with E-state index in [1.54, 1.807) is 28.6 Å². The topological polar surface area (TPSA) is 71.2 Å². The molecule has 1 aliphatic carbocycles. The number of amides is 1. The van der Waals surface area contributed by atoms with Crippen molar-refractivity contribution in [2.75, 3.05) is 7.05 Å². The third kappa shape index (κ3) is 3.12. The van der Waals surface area contributed by atoms with Gasteiger partial charge in [-0.1, -0.05) is 0 Å². The van der Waals surface area contributed by atoms with E-state index in [4.69, 9.17) is 4.42 Å². The zero-order valence-corrected chi connectivity index (χ0v) is 14.4. The van der Waals surface area contributed by atoms with Crippen molar-refractivity contribution in [1.29, 1.82) is 0 Å². The van der Waals surface area contributed by atoms with E-state index < -0.39 is 0 Å². The Balaban J connectivity index is 1.58. The van der Waals surface area contributed by atoms with Gasteiger partial charge in [0, 0.05) is 19.2 Å². The van der Waals surface area contributed by atoms with Crippen LogP contribution in [0.2, 0.25) is 0 Å². The molecule has 6 heteroatoms. The normalized spacial score (nSPS) is 14.2. The molecule has 0 saturated heterocycles. The van der Waals surface area contributed by atoms with Crippen LogP contribution >= 0.6 is 0 Å². The Morgan fingerprint density at radius 2 is 2.12 bits per heavy atom. The number of hydrogen-bond acceptors (Lipinski definition) is 3. The van der Waals surface area contributed by atoms with Crippen LogP contribution in [0.4, 0.5) is 0 Å². The van der Waals surface area contributed by atoms with Gasteiger partial charge in [-0.25, -0.2) is 4.79 Å². The summed E-state index contributed by atoms with van der Waals surface area (Å²) in [5.74, 6) is 2.08. The van der Waals surface area contributed by atoms with E-state index in [2.05, 4.69) is 4.98 Å². The molecule has 130 valence electrons. The number of carbonyl (C=O) groups excluding carboxylic acids is 1. The van der Waals surface area contributed by atoms with Crippen LogP contribution in [-0.4, -0.2) is 27.4 Å². The van der Waals surface area contributed by atoms with Gasteiger partial charge >= 0.3 is 5.69 Å². The third-order valence-electron chi connectivity index (χ3n) is 4.69. The lowest BCUT2D eigenvalue weighted by molar-refractivity contribution is 0.0775. The maximum absolute atomic E-state index is 12.7. The number of rotatable bonds is 5. The first kappa shape index (κ1) is 15.7. The molecule has 0 radical (unpaired) electrons. The summed E-state index contributed by atoms with van der Waals surface area (Å²) in [5, 5.41) is 0. The predicted molar refractivity (Wildman–Crippen MR) is 94.5 cm³/mol. The van der Waals surface area contributed by atoms with Gasteiger partial charge in [0.1, 0.15) is 11.5 Å². The van der Waals surface area contributed by atoms with Crippen molar-refractivity contribution in [3.63, 3.8) is 0 Å². The van der Waals surface area contributed by atoms with Crippen LogP contribution < -0.4 is 5.69 Å². The molecule has 0 spiro atoms. The Bertz CT molecular complexity index is 991. The van der Waals surface area contributed by atoms with Crippen molar-refractivity contribution >= 4 is 16.9 Å². The zero-order chi connectivity index (χ0) is 17.6. The minimum atomic E-state index is -0.106. The summed E-state index contributed by atoms with van der Waals surface area (Å²) in [5.41, 5.74) is 2.01. The fourth-order valence-corrected chi connectivity index (χ4v) is 3.13. The Morgan fingerprint density at radius 1 is 1.32 bits per heavy atom. The smallest absolute Gasteiger partial charge is 0.326 e. The summed E-state index contributed by atoms with van der Waals surface area (Å²) in [7, 11) is 1.74. The molecule has 1 amide bonds. The number of hydrogen-bond donors (Lipinski definition) is 1. The minimum Gasteiger partial charge on any atom is -0.464 e. The molecule has 4 rings (SSSR count). The lowest BCUT2D eigenvalue weighted by Crippen LogP contribution is -2.25. The van der Waals surface area contributed by atoms with Gasteiger partial charge in [-0.05, 0) is 56.0 Å². The molecule has 1 N–H and O–H groups in total. The zero-order valence-electron chi connectivity index (χ0n) is 14.4. The maximum Gasteiger partial charge on any atom is 0.326 e. The van der Waals surface area contributed by atoms with Gasteiger partial charge in [0.15, 0.2) is 0 Å². The largest absolute Gasteiger partial charge is 0.464 e. The number of H-pyrrole nitrogens is 1. The quantitative estimate of drug-likeness (QED) is 0.777. The number of aromatic amines is 1. The number of nitrogens with one attached hydrogen (secondary N) is 1. The lowest BCUT2D eigenvalue weighted by Gasteiger charge is -2.16. The number of aryl methyl sites for hydroxylation is 1. The number of aromatic nitrogens is 2. The second-order valence-corrected chi connectivity index (χ2v) is 6.89. The number of benzene rings is 1. The molecular formula is C19H21N3O3. The van der Waals surface area contributed by atoms with E-state index in [-0.39, 0.29) is 11.6 Å². The summed E-state index contributed by atoms with van der Waals surface area (Å²) < 4.78 is 7.30. The van der Waals surface area contributed by atoms with Gasteiger partial charge in [-0.15, -0.1) is 0 Å². The molecule has 1 fully saturated rings. The molecule has 3 aromatic rings. The van der Waals surface area contributed by atoms with E-state index in [0.29, 0.717) is 23.5 Å². The molecule has 2 heterocycles.